The zero-order valence-electron chi connectivity index (χ0n) is 25.7. The molecule has 45 heavy (non-hydrogen) atoms. The Morgan fingerprint density at radius 1 is 0.933 bits per heavy atom. The lowest BCUT2D eigenvalue weighted by Crippen LogP contribution is -2.49. The van der Waals surface area contributed by atoms with Gasteiger partial charge < -0.3 is 29.2 Å². The summed E-state index contributed by atoms with van der Waals surface area (Å²) in [6, 6.07) is 20.7. The topological polar surface area (TPSA) is 126 Å². The van der Waals surface area contributed by atoms with Gasteiger partial charge in [-0.1, -0.05) is 12.1 Å². The fourth-order valence-electron chi connectivity index (χ4n) is 5.16. The first kappa shape index (κ1) is 31.8. The molecule has 0 aliphatic carbocycles. The van der Waals surface area contributed by atoms with Gasteiger partial charge in [-0.25, -0.2) is 8.42 Å². The first-order chi connectivity index (χ1) is 21.8. The number of aromatic nitrogens is 1. The van der Waals surface area contributed by atoms with Crippen molar-refractivity contribution in [3.05, 3.63) is 72.4 Å². The van der Waals surface area contributed by atoms with Crippen LogP contribution in [0.3, 0.4) is 0 Å². The molecule has 3 aromatic carbocycles. The minimum atomic E-state index is -3.14. The third-order valence-corrected chi connectivity index (χ3v) is 9.54. The van der Waals surface area contributed by atoms with E-state index in [2.05, 4.69) is 21.3 Å². The molecule has 0 unspecified atom stereocenters. The molecular formula is C33H37N5O6S. The molecule has 1 aliphatic rings. The van der Waals surface area contributed by atoms with Crippen molar-refractivity contribution in [2.45, 2.75) is 13.3 Å². The summed E-state index contributed by atoms with van der Waals surface area (Å²) >= 11 is 0. The minimum Gasteiger partial charge on any atom is -0.493 e. The molecule has 1 aromatic heterocycles. The molecule has 0 amide bonds. The van der Waals surface area contributed by atoms with Crippen LogP contribution in [-0.2, 0) is 10.0 Å². The van der Waals surface area contributed by atoms with Crippen molar-refractivity contribution in [1.29, 1.82) is 5.26 Å². The van der Waals surface area contributed by atoms with Crippen LogP contribution in [0.25, 0.3) is 10.9 Å². The third-order valence-electron chi connectivity index (χ3n) is 7.66. The summed E-state index contributed by atoms with van der Waals surface area (Å²) in [4.78, 5) is 6.76. The zero-order chi connectivity index (χ0) is 31.8. The molecule has 1 aliphatic heterocycles. The first-order valence-electron chi connectivity index (χ1n) is 14.8. The molecule has 0 atom stereocenters. The monoisotopic (exact) mass is 631 g/mol. The Kier molecular flexibility index (Phi) is 10.2. The van der Waals surface area contributed by atoms with Crippen LogP contribution < -0.4 is 24.3 Å². The van der Waals surface area contributed by atoms with Crippen LogP contribution >= 0.6 is 0 Å². The molecule has 0 bridgehead atoms. The number of hydrogen-bond donors (Lipinski definition) is 1. The third kappa shape index (κ3) is 7.57. The van der Waals surface area contributed by atoms with Crippen molar-refractivity contribution in [3.63, 3.8) is 0 Å². The van der Waals surface area contributed by atoms with Crippen LogP contribution in [0.2, 0.25) is 0 Å². The van der Waals surface area contributed by atoms with E-state index in [1.165, 1.54) is 0 Å². The molecule has 12 heteroatoms. The van der Waals surface area contributed by atoms with E-state index in [4.69, 9.17) is 18.9 Å². The molecule has 1 fully saturated rings. The Morgan fingerprint density at radius 3 is 2.31 bits per heavy atom. The van der Waals surface area contributed by atoms with Gasteiger partial charge in [0.15, 0.2) is 23.0 Å². The van der Waals surface area contributed by atoms with Gasteiger partial charge in [-0.05, 0) is 55.8 Å². The Hall–Kier alpha value is -4.57. The lowest BCUT2D eigenvalue weighted by molar-refractivity contribution is 0.174. The Balaban J connectivity index is 1.25. The molecule has 1 N–H and O–H groups in total. The molecule has 236 valence electrons. The number of nitrogens with one attached hydrogen (secondary N) is 1. The van der Waals surface area contributed by atoms with Crippen LogP contribution in [0.1, 0.15) is 18.9 Å². The Bertz CT molecular complexity index is 1770. The number of fused-ring (bicyclic) bond motifs is 1. The van der Waals surface area contributed by atoms with Crippen molar-refractivity contribution < 1.29 is 27.4 Å². The number of rotatable bonds is 13. The van der Waals surface area contributed by atoms with E-state index in [1.54, 1.807) is 31.6 Å². The van der Waals surface area contributed by atoms with Crippen molar-refractivity contribution in [2.24, 2.45) is 0 Å². The number of pyridine rings is 1. The average molecular weight is 632 g/mol. The average Bonchev–Trinajstić information content (AvgIpc) is 3.07. The number of methoxy groups -OCH3 is 2. The Morgan fingerprint density at radius 2 is 1.64 bits per heavy atom. The predicted octanol–water partition coefficient (Wildman–Crippen LogP) is 5.40. The molecule has 0 radical (unpaired) electrons. The number of benzene rings is 3. The second-order valence-electron chi connectivity index (χ2n) is 10.4. The van der Waals surface area contributed by atoms with Crippen molar-refractivity contribution in [2.75, 3.05) is 64.6 Å². The van der Waals surface area contributed by atoms with Gasteiger partial charge in [-0.15, -0.1) is 0 Å². The van der Waals surface area contributed by atoms with E-state index < -0.39 is 10.0 Å². The first-order valence-corrected chi connectivity index (χ1v) is 16.4. The maximum atomic E-state index is 12.1. The predicted molar refractivity (Wildman–Crippen MR) is 173 cm³/mol. The number of piperazine rings is 1. The summed E-state index contributed by atoms with van der Waals surface area (Å²) in [5.41, 5.74) is 2.41. The van der Waals surface area contributed by atoms with Crippen molar-refractivity contribution in [1.82, 2.24) is 14.2 Å². The van der Waals surface area contributed by atoms with Crippen LogP contribution in [0, 0.1) is 11.3 Å². The molecule has 11 nitrogen and oxygen atoms in total. The number of nitriles is 1. The van der Waals surface area contributed by atoms with Gasteiger partial charge in [-0.3, -0.25) is 4.98 Å². The number of hydrogen-bond acceptors (Lipinski definition) is 10. The summed E-state index contributed by atoms with van der Waals surface area (Å²) in [5.74, 6) is 3.11. The molecule has 0 spiro atoms. The molecule has 0 saturated carbocycles. The van der Waals surface area contributed by atoms with E-state index in [-0.39, 0.29) is 5.75 Å². The number of anilines is 2. The molecule has 4 aromatic rings. The highest BCUT2D eigenvalue weighted by atomic mass is 32.2. The van der Waals surface area contributed by atoms with E-state index in [9.17, 15) is 13.7 Å². The molecule has 1 saturated heterocycles. The lowest BCUT2D eigenvalue weighted by atomic mass is 10.1. The van der Waals surface area contributed by atoms with E-state index >= 15 is 0 Å². The van der Waals surface area contributed by atoms with Gasteiger partial charge in [0.05, 0.1) is 43.3 Å². The van der Waals surface area contributed by atoms with E-state index in [0.717, 1.165) is 18.7 Å². The molecule has 5 rings (SSSR count). The highest BCUT2D eigenvalue weighted by Crippen LogP contribution is 2.38. The van der Waals surface area contributed by atoms with E-state index in [0.29, 0.717) is 83.7 Å². The van der Waals surface area contributed by atoms with Crippen LogP contribution in [0.5, 0.6) is 28.7 Å². The second kappa shape index (κ2) is 14.5. The van der Waals surface area contributed by atoms with Gasteiger partial charge in [0.25, 0.3) is 0 Å². The summed E-state index contributed by atoms with van der Waals surface area (Å²) < 4.78 is 48.9. The highest BCUT2D eigenvalue weighted by Gasteiger charge is 2.25. The largest absolute Gasteiger partial charge is 0.493 e. The fraction of sp³-hybridized carbons (Fsp3) is 0.333. The zero-order valence-corrected chi connectivity index (χ0v) is 26.5. The van der Waals surface area contributed by atoms with Gasteiger partial charge in [0, 0.05) is 56.1 Å². The van der Waals surface area contributed by atoms with Crippen LogP contribution in [-0.4, -0.2) is 81.9 Å². The van der Waals surface area contributed by atoms with Crippen LogP contribution in [0.4, 0.5) is 11.4 Å². The number of nitrogens with zero attached hydrogens (tertiary/aromatic N) is 4. The number of para-hydroxylation sites is 2. The lowest BCUT2D eigenvalue weighted by Gasteiger charge is -2.33. The smallest absolute Gasteiger partial charge is 0.213 e. The normalized spacial score (nSPS) is 14.1. The minimum absolute atomic E-state index is 0.132. The fourth-order valence-corrected chi connectivity index (χ4v) is 6.24. The summed E-state index contributed by atoms with van der Waals surface area (Å²) in [6.45, 7) is 5.38. The molecular weight excluding hydrogens is 594 g/mol. The number of sulfonamides is 1. The standard InChI is InChI=1S/C33H37N5O6S/c1-4-45(39,40)38-17-15-37(16-18-38)14-7-19-43-32-21-28-27(20-31(32)42-3)33(24(22-34)23-35-28)36-25-10-12-26(13-11-25)44-30-9-6-5-8-29(30)41-2/h5-6,8-13,20-21,23H,4,7,14-19H2,1-3H3,(H,35,36). The van der Waals surface area contributed by atoms with Gasteiger partial charge in [0.2, 0.25) is 10.0 Å². The SMILES string of the molecule is CCS(=O)(=O)N1CCN(CCCOc2cc3ncc(C#N)c(Nc4ccc(Oc5ccccc5OC)cc4)c3cc2OC)CC1. The quantitative estimate of drug-likeness (QED) is 0.192. The van der Waals surface area contributed by atoms with Gasteiger partial charge in [-0.2, -0.15) is 9.57 Å². The highest BCUT2D eigenvalue weighted by molar-refractivity contribution is 7.89. The maximum Gasteiger partial charge on any atom is 0.213 e. The summed E-state index contributed by atoms with van der Waals surface area (Å²) in [6.07, 6.45) is 2.31. The van der Waals surface area contributed by atoms with E-state index in [1.807, 2.05) is 60.7 Å². The van der Waals surface area contributed by atoms with Crippen molar-refractivity contribution >= 4 is 32.3 Å². The summed E-state index contributed by atoms with van der Waals surface area (Å²) in [7, 11) is 0.0339. The Labute approximate surface area is 263 Å². The van der Waals surface area contributed by atoms with Crippen LogP contribution in [0.15, 0.2) is 66.9 Å². The molecule has 2 heterocycles. The van der Waals surface area contributed by atoms with Gasteiger partial charge >= 0.3 is 0 Å². The second-order valence-corrected chi connectivity index (χ2v) is 12.7. The number of ether oxygens (including phenoxy) is 4. The van der Waals surface area contributed by atoms with Gasteiger partial charge in [0.1, 0.15) is 11.8 Å². The maximum absolute atomic E-state index is 12.1. The summed E-state index contributed by atoms with van der Waals surface area (Å²) in [5, 5.41) is 13.9. The van der Waals surface area contributed by atoms with Crippen molar-refractivity contribution in [3.8, 4) is 34.8 Å².